The van der Waals surface area contributed by atoms with Crippen molar-refractivity contribution in [1.82, 2.24) is 4.84 Å². The molecule has 3 nitrogen and oxygen atoms in total. The number of hydrogen-bond acceptors (Lipinski definition) is 2. The summed E-state index contributed by atoms with van der Waals surface area (Å²) in [4.78, 5) is 12.2. The third-order valence-electron chi connectivity index (χ3n) is 0.667. The second-order valence-electron chi connectivity index (χ2n) is 1.61. The Kier molecular flexibility index (Phi) is 3.56. The van der Waals surface area contributed by atoms with E-state index in [-0.39, 0.29) is 12.5 Å². The molecule has 0 spiro atoms. The van der Waals surface area contributed by atoms with Crippen LogP contribution in [-0.4, -0.2) is 17.1 Å². The van der Waals surface area contributed by atoms with E-state index in [0.29, 0.717) is 0 Å². The molecule has 1 unspecified atom stereocenters. The molecule has 0 bridgehead atoms. The van der Waals surface area contributed by atoms with Crippen molar-refractivity contribution in [1.29, 1.82) is 0 Å². The molecule has 0 saturated heterocycles. The predicted molar refractivity (Wildman–Crippen MR) is 30.7 cm³/mol. The van der Waals surface area contributed by atoms with Gasteiger partial charge in [0.15, 0.2) is 0 Å². The van der Waals surface area contributed by atoms with Crippen molar-refractivity contribution in [3.63, 3.8) is 0 Å². The first-order valence-electron chi connectivity index (χ1n) is 2.24. The number of rotatable bonds is 3. The molecule has 0 amide bonds. The predicted octanol–water partition coefficient (Wildman–Crippen LogP) is 0.593. The number of carbonyl (C=O) groups is 1. The average molecular weight is 138 g/mol. The van der Waals surface area contributed by atoms with Gasteiger partial charge in [-0.1, -0.05) is 0 Å². The van der Waals surface area contributed by atoms with Crippen LogP contribution in [0.15, 0.2) is 0 Å². The number of carboxylic acid groups (broad SMARTS) is 1. The number of halogens is 1. The highest BCUT2D eigenvalue weighted by Crippen LogP contribution is 1.89. The van der Waals surface area contributed by atoms with Gasteiger partial charge in [-0.3, -0.25) is 4.79 Å². The maximum Gasteiger partial charge on any atom is 0.304 e. The van der Waals surface area contributed by atoms with Crippen molar-refractivity contribution < 1.29 is 9.90 Å². The van der Waals surface area contributed by atoms with Gasteiger partial charge < -0.3 is 5.11 Å². The monoisotopic (exact) mass is 137 g/mol. The summed E-state index contributed by atoms with van der Waals surface area (Å²) in [7, 11) is 0. The van der Waals surface area contributed by atoms with Crippen LogP contribution in [0.5, 0.6) is 0 Å². The van der Waals surface area contributed by atoms with Crippen LogP contribution in [0, 0.1) is 0 Å². The fourth-order valence-electron chi connectivity index (χ4n) is 0.301. The number of nitrogens with one attached hydrogen (secondary N) is 1. The van der Waals surface area contributed by atoms with Gasteiger partial charge in [-0.05, 0) is 18.7 Å². The quantitative estimate of drug-likeness (QED) is 0.560. The summed E-state index contributed by atoms with van der Waals surface area (Å²) in [6, 6.07) is -0.158. The number of aliphatic carboxylic acids is 1. The van der Waals surface area contributed by atoms with Gasteiger partial charge in [0.2, 0.25) is 0 Å². The van der Waals surface area contributed by atoms with Gasteiger partial charge in [0.05, 0.1) is 6.42 Å². The smallest absolute Gasteiger partial charge is 0.304 e. The molecule has 0 radical (unpaired) electrons. The lowest BCUT2D eigenvalue weighted by molar-refractivity contribution is -0.137. The average Bonchev–Trinajstić information content (AvgIpc) is 1.65. The van der Waals surface area contributed by atoms with Gasteiger partial charge in [-0.2, -0.15) is 0 Å². The molecule has 0 aromatic heterocycles. The Hall–Kier alpha value is -0.280. The van der Waals surface area contributed by atoms with Crippen LogP contribution in [0.25, 0.3) is 0 Å². The van der Waals surface area contributed by atoms with Crippen LogP contribution in [0.4, 0.5) is 0 Å². The van der Waals surface area contributed by atoms with Crippen molar-refractivity contribution >= 4 is 17.7 Å². The molecule has 0 aliphatic heterocycles. The molecule has 0 aromatic rings. The summed E-state index contributed by atoms with van der Waals surface area (Å²) in [5.41, 5.74) is 0. The standard InChI is InChI=1S/C4H8ClNO2/c1-3(6-5)2-4(7)8/h3,6H,2H2,1H3,(H,7,8). The lowest BCUT2D eigenvalue weighted by Crippen LogP contribution is -2.19. The lowest BCUT2D eigenvalue weighted by Gasteiger charge is -2.01. The van der Waals surface area contributed by atoms with E-state index in [0.717, 1.165) is 0 Å². The molecule has 4 heteroatoms. The second-order valence-corrected chi connectivity index (χ2v) is 1.83. The van der Waals surface area contributed by atoms with E-state index >= 15 is 0 Å². The van der Waals surface area contributed by atoms with Crippen LogP contribution in [0.1, 0.15) is 13.3 Å². The Bertz CT molecular complexity index is 86.1. The van der Waals surface area contributed by atoms with Crippen molar-refractivity contribution in [2.24, 2.45) is 0 Å². The van der Waals surface area contributed by atoms with Crippen molar-refractivity contribution in [2.45, 2.75) is 19.4 Å². The van der Waals surface area contributed by atoms with Crippen molar-refractivity contribution in [3.05, 3.63) is 0 Å². The van der Waals surface area contributed by atoms with Crippen molar-refractivity contribution in [2.75, 3.05) is 0 Å². The highest BCUT2D eigenvalue weighted by molar-refractivity contribution is 6.13. The first-order valence-corrected chi connectivity index (χ1v) is 2.62. The minimum absolute atomic E-state index is 0.0590. The van der Waals surface area contributed by atoms with Crippen LogP contribution in [0.2, 0.25) is 0 Å². The van der Waals surface area contributed by atoms with Gasteiger partial charge in [-0.15, -0.1) is 0 Å². The number of hydrogen-bond donors (Lipinski definition) is 2. The van der Waals surface area contributed by atoms with E-state index in [9.17, 15) is 4.79 Å². The summed E-state index contributed by atoms with van der Waals surface area (Å²) in [6.45, 7) is 1.70. The summed E-state index contributed by atoms with van der Waals surface area (Å²) < 4.78 is 0. The Morgan fingerprint density at radius 1 is 2.00 bits per heavy atom. The molecule has 0 aromatic carbocycles. The molecule has 0 rings (SSSR count). The first-order chi connectivity index (χ1) is 3.66. The molecular formula is C4H8ClNO2. The van der Waals surface area contributed by atoms with E-state index < -0.39 is 5.97 Å². The molecule has 8 heavy (non-hydrogen) atoms. The molecule has 48 valence electrons. The van der Waals surface area contributed by atoms with Crippen LogP contribution in [-0.2, 0) is 4.79 Å². The Morgan fingerprint density at radius 3 is 2.62 bits per heavy atom. The molecule has 0 fully saturated rings. The van der Waals surface area contributed by atoms with E-state index in [2.05, 4.69) is 4.84 Å². The van der Waals surface area contributed by atoms with Gasteiger partial charge in [0.1, 0.15) is 0 Å². The molecule has 0 heterocycles. The van der Waals surface area contributed by atoms with E-state index in [4.69, 9.17) is 16.9 Å². The third-order valence-corrected chi connectivity index (χ3v) is 1.04. The highest BCUT2D eigenvalue weighted by Gasteiger charge is 2.03. The Labute approximate surface area is 52.8 Å². The topological polar surface area (TPSA) is 49.3 Å². The molecule has 2 N–H and O–H groups in total. The maximum atomic E-state index is 9.87. The Balaban J connectivity index is 3.24. The zero-order valence-electron chi connectivity index (χ0n) is 4.52. The summed E-state index contributed by atoms with van der Waals surface area (Å²) in [5, 5.41) is 8.12. The van der Waals surface area contributed by atoms with Crippen molar-refractivity contribution in [3.8, 4) is 0 Å². The zero-order chi connectivity index (χ0) is 6.57. The normalized spacial score (nSPS) is 13.2. The van der Waals surface area contributed by atoms with Gasteiger partial charge in [-0.25, -0.2) is 4.84 Å². The van der Waals surface area contributed by atoms with E-state index in [1.807, 2.05) is 0 Å². The highest BCUT2D eigenvalue weighted by atomic mass is 35.5. The molecular weight excluding hydrogens is 130 g/mol. The SMILES string of the molecule is CC(CC(=O)O)NCl. The summed E-state index contributed by atoms with van der Waals surface area (Å²) in [6.07, 6.45) is 0.0590. The Morgan fingerprint density at radius 2 is 2.50 bits per heavy atom. The zero-order valence-corrected chi connectivity index (χ0v) is 5.27. The van der Waals surface area contributed by atoms with Gasteiger partial charge in [0, 0.05) is 6.04 Å². The molecule has 0 saturated carbocycles. The van der Waals surface area contributed by atoms with E-state index in [1.165, 1.54) is 0 Å². The fourth-order valence-corrected chi connectivity index (χ4v) is 0.378. The lowest BCUT2D eigenvalue weighted by atomic mass is 10.3. The van der Waals surface area contributed by atoms with Gasteiger partial charge in [0.25, 0.3) is 0 Å². The number of carboxylic acids is 1. The molecule has 0 aliphatic rings. The fraction of sp³-hybridized carbons (Fsp3) is 0.750. The summed E-state index contributed by atoms with van der Waals surface area (Å²) in [5.74, 6) is -0.842. The molecule has 0 aliphatic carbocycles. The van der Waals surface area contributed by atoms with Crippen LogP contribution in [0.3, 0.4) is 0 Å². The maximum absolute atomic E-state index is 9.87. The minimum atomic E-state index is -0.842. The minimum Gasteiger partial charge on any atom is -0.481 e. The van der Waals surface area contributed by atoms with Crippen LogP contribution >= 0.6 is 11.8 Å². The second kappa shape index (κ2) is 3.69. The van der Waals surface area contributed by atoms with E-state index in [1.54, 1.807) is 6.92 Å². The third kappa shape index (κ3) is 3.89. The summed E-state index contributed by atoms with van der Waals surface area (Å²) >= 11 is 5.08. The van der Waals surface area contributed by atoms with Gasteiger partial charge >= 0.3 is 5.97 Å². The first kappa shape index (κ1) is 7.72. The van der Waals surface area contributed by atoms with Crippen LogP contribution < -0.4 is 4.84 Å². The largest absolute Gasteiger partial charge is 0.481 e. The molecule has 1 atom stereocenters.